The predicted octanol–water partition coefficient (Wildman–Crippen LogP) is 3.82. The third kappa shape index (κ3) is 4.76. The van der Waals surface area contributed by atoms with Crippen LogP contribution in [0.25, 0.3) is 0 Å². The van der Waals surface area contributed by atoms with Gasteiger partial charge in [-0.05, 0) is 31.4 Å². The van der Waals surface area contributed by atoms with E-state index in [1.807, 2.05) is 48.2 Å². The van der Waals surface area contributed by atoms with E-state index in [4.69, 9.17) is 0 Å². The van der Waals surface area contributed by atoms with Crippen molar-refractivity contribution in [1.82, 2.24) is 10.2 Å². The van der Waals surface area contributed by atoms with Crippen molar-refractivity contribution in [3.8, 4) is 0 Å². The molecule has 2 amide bonds. The Hall–Kier alpha value is -2.62. The zero-order valence-corrected chi connectivity index (χ0v) is 16.3. The van der Waals surface area contributed by atoms with Crippen LogP contribution in [-0.4, -0.2) is 29.8 Å². The molecule has 1 aliphatic heterocycles. The van der Waals surface area contributed by atoms with Crippen LogP contribution in [0.2, 0.25) is 0 Å². The molecule has 0 bridgehead atoms. The molecule has 0 spiro atoms. The third-order valence-electron chi connectivity index (χ3n) is 5.44. The highest BCUT2D eigenvalue weighted by atomic mass is 16.2. The Morgan fingerprint density at radius 2 is 1.81 bits per heavy atom. The maximum absolute atomic E-state index is 12.9. The van der Waals surface area contributed by atoms with Gasteiger partial charge in [-0.1, -0.05) is 60.2 Å². The smallest absolute Gasteiger partial charge is 0.225 e. The molecule has 0 aliphatic carbocycles. The molecule has 0 aromatic heterocycles. The number of rotatable bonds is 4. The molecule has 2 aromatic rings. The minimum Gasteiger partial charge on any atom is -0.349 e. The molecule has 4 heteroatoms. The Balaban J connectivity index is 1.74. The number of hydrogen-bond donors (Lipinski definition) is 1. The molecule has 0 radical (unpaired) electrons. The first-order chi connectivity index (χ1) is 12.9. The molecule has 1 saturated heterocycles. The Labute approximate surface area is 161 Å². The molecule has 2 aromatic carbocycles. The fourth-order valence-electron chi connectivity index (χ4n) is 3.87. The van der Waals surface area contributed by atoms with Crippen LogP contribution >= 0.6 is 0 Å². The summed E-state index contributed by atoms with van der Waals surface area (Å²) in [6.45, 7) is 6.82. The van der Waals surface area contributed by atoms with Crippen LogP contribution in [0.3, 0.4) is 0 Å². The number of likely N-dealkylation sites (tertiary alicyclic amines) is 1. The molecule has 3 atom stereocenters. The quantitative estimate of drug-likeness (QED) is 0.896. The molecule has 27 heavy (non-hydrogen) atoms. The molecule has 3 rings (SSSR count). The zero-order valence-electron chi connectivity index (χ0n) is 16.3. The lowest BCUT2D eigenvalue weighted by molar-refractivity contribution is -0.134. The van der Waals surface area contributed by atoms with E-state index in [-0.39, 0.29) is 29.7 Å². The maximum atomic E-state index is 12.9. The van der Waals surface area contributed by atoms with Crippen molar-refractivity contribution in [1.29, 1.82) is 0 Å². The van der Waals surface area contributed by atoms with Crippen molar-refractivity contribution in [2.75, 3.05) is 13.1 Å². The van der Waals surface area contributed by atoms with Gasteiger partial charge in [0.1, 0.15) is 0 Å². The highest BCUT2D eigenvalue weighted by Gasteiger charge is 2.34. The first-order valence-corrected chi connectivity index (χ1v) is 9.61. The number of piperidine rings is 1. The van der Waals surface area contributed by atoms with E-state index in [0.717, 1.165) is 12.0 Å². The van der Waals surface area contributed by atoms with Gasteiger partial charge in [0.15, 0.2) is 0 Å². The van der Waals surface area contributed by atoms with Crippen LogP contribution in [-0.2, 0) is 9.59 Å². The molecule has 1 N–H and O–H groups in total. The van der Waals surface area contributed by atoms with Crippen molar-refractivity contribution in [2.45, 2.75) is 39.2 Å². The second-order valence-corrected chi connectivity index (χ2v) is 7.61. The monoisotopic (exact) mass is 364 g/mol. The van der Waals surface area contributed by atoms with Crippen LogP contribution in [0.5, 0.6) is 0 Å². The Kier molecular flexibility index (Phi) is 5.94. The first-order valence-electron chi connectivity index (χ1n) is 9.61. The Morgan fingerprint density at radius 3 is 2.48 bits per heavy atom. The van der Waals surface area contributed by atoms with E-state index in [9.17, 15) is 9.59 Å². The van der Waals surface area contributed by atoms with E-state index in [2.05, 4.69) is 30.4 Å². The normalized spacial score (nSPS) is 20.8. The average molecular weight is 364 g/mol. The summed E-state index contributed by atoms with van der Waals surface area (Å²) in [5.74, 6) is 0.0425. The molecule has 4 nitrogen and oxygen atoms in total. The summed E-state index contributed by atoms with van der Waals surface area (Å²) in [6.07, 6.45) is 0.764. The predicted molar refractivity (Wildman–Crippen MR) is 107 cm³/mol. The van der Waals surface area contributed by atoms with Gasteiger partial charge in [0, 0.05) is 25.9 Å². The molecule has 1 heterocycles. The van der Waals surface area contributed by atoms with Crippen molar-refractivity contribution in [3.05, 3.63) is 71.3 Å². The molecular weight excluding hydrogens is 336 g/mol. The van der Waals surface area contributed by atoms with Gasteiger partial charge < -0.3 is 10.2 Å². The molecule has 1 aliphatic rings. The molecular formula is C23H28N2O2. The summed E-state index contributed by atoms with van der Waals surface area (Å²) in [5, 5.41) is 3.13. The number of carbonyl (C=O) groups is 2. The van der Waals surface area contributed by atoms with Crippen LogP contribution in [0.1, 0.15) is 48.9 Å². The van der Waals surface area contributed by atoms with E-state index in [1.165, 1.54) is 11.1 Å². The SMILES string of the molecule is CC(=O)N1C[C@H](C(=O)N[C@@H](C)c2ccccc2)C[C@@H](c2cccc(C)c2)C1. The standard InChI is InChI=1S/C23H28N2O2/c1-16-8-7-11-20(12-16)21-13-22(15-25(14-21)18(3)26)23(27)24-17(2)19-9-5-4-6-10-19/h4-12,17,21-22H,13-15H2,1-3H3,(H,24,27)/t17-,21+,22+/m0/s1. The van der Waals surface area contributed by atoms with Gasteiger partial charge in [-0.3, -0.25) is 9.59 Å². The van der Waals surface area contributed by atoms with Gasteiger partial charge in [0.05, 0.1) is 12.0 Å². The Morgan fingerprint density at radius 1 is 1.07 bits per heavy atom. The summed E-state index contributed by atoms with van der Waals surface area (Å²) >= 11 is 0. The van der Waals surface area contributed by atoms with Crippen molar-refractivity contribution in [2.24, 2.45) is 5.92 Å². The van der Waals surface area contributed by atoms with Crippen molar-refractivity contribution in [3.63, 3.8) is 0 Å². The van der Waals surface area contributed by atoms with Gasteiger partial charge in [0.2, 0.25) is 11.8 Å². The zero-order chi connectivity index (χ0) is 19.4. The van der Waals surface area contributed by atoms with E-state index in [1.54, 1.807) is 6.92 Å². The number of aryl methyl sites for hydroxylation is 1. The van der Waals surface area contributed by atoms with Gasteiger partial charge in [-0.25, -0.2) is 0 Å². The van der Waals surface area contributed by atoms with Gasteiger partial charge in [-0.15, -0.1) is 0 Å². The average Bonchev–Trinajstić information content (AvgIpc) is 2.68. The number of nitrogens with zero attached hydrogens (tertiary/aromatic N) is 1. The topological polar surface area (TPSA) is 49.4 Å². The van der Waals surface area contributed by atoms with E-state index in [0.29, 0.717) is 13.1 Å². The van der Waals surface area contributed by atoms with Crippen molar-refractivity contribution < 1.29 is 9.59 Å². The largest absolute Gasteiger partial charge is 0.349 e. The lowest BCUT2D eigenvalue weighted by Gasteiger charge is -2.37. The van der Waals surface area contributed by atoms with Crippen LogP contribution in [0.4, 0.5) is 0 Å². The van der Waals surface area contributed by atoms with Gasteiger partial charge in [0.25, 0.3) is 0 Å². The highest BCUT2D eigenvalue weighted by Crippen LogP contribution is 2.31. The van der Waals surface area contributed by atoms with E-state index >= 15 is 0 Å². The molecule has 0 unspecified atom stereocenters. The van der Waals surface area contributed by atoms with Crippen LogP contribution in [0.15, 0.2) is 54.6 Å². The summed E-state index contributed by atoms with van der Waals surface area (Å²) in [4.78, 5) is 26.8. The number of nitrogens with one attached hydrogen (secondary N) is 1. The lowest BCUT2D eigenvalue weighted by Crippen LogP contribution is -2.47. The minimum absolute atomic E-state index is 0.0231. The summed E-state index contributed by atoms with van der Waals surface area (Å²) in [7, 11) is 0. The molecule has 0 saturated carbocycles. The number of benzene rings is 2. The molecule has 1 fully saturated rings. The second-order valence-electron chi connectivity index (χ2n) is 7.61. The van der Waals surface area contributed by atoms with Crippen molar-refractivity contribution >= 4 is 11.8 Å². The number of hydrogen-bond acceptors (Lipinski definition) is 2. The Bertz CT molecular complexity index is 803. The number of carbonyl (C=O) groups excluding carboxylic acids is 2. The highest BCUT2D eigenvalue weighted by molar-refractivity contribution is 5.81. The number of amides is 2. The van der Waals surface area contributed by atoms with Crippen LogP contribution < -0.4 is 5.32 Å². The summed E-state index contributed by atoms with van der Waals surface area (Å²) in [5.41, 5.74) is 3.49. The molecule has 142 valence electrons. The van der Waals surface area contributed by atoms with Crippen LogP contribution in [0, 0.1) is 12.8 Å². The fraction of sp³-hybridized carbons (Fsp3) is 0.391. The first kappa shape index (κ1) is 19.2. The fourth-order valence-corrected chi connectivity index (χ4v) is 3.87. The second kappa shape index (κ2) is 8.38. The summed E-state index contributed by atoms with van der Waals surface area (Å²) < 4.78 is 0. The maximum Gasteiger partial charge on any atom is 0.225 e. The van der Waals surface area contributed by atoms with E-state index < -0.39 is 0 Å². The van der Waals surface area contributed by atoms with Gasteiger partial charge in [-0.2, -0.15) is 0 Å². The minimum atomic E-state index is -0.195. The lowest BCUT2D eigenvalue weighted by atomic mass is 9.83. The summed E-state index contributed by atoms with van der Waals surface area (Å²) in [6, 6.07) is 18.3. The van der Waals surface area contributed by atoms with Gasteiger partial charge >= 0.3 is 0 Å². The third-order valence-corrected chi connectivity index (χ3v) is 5.44.